The minimum absolute atomic E-state index is 0.0399. The van der Waals surface area contributed by atoms with Crippen molar-refractivity contribution in [2.45, 2.75) is 71.0 Å². The monoisotopic (exact) mass is 458 g/mol. The highest BCUT2D eigenvalue weighted by Crippen LogP contribution is 2.61. The fourth-order valence-electron chi connectivity index (χ4n) is 6.86. The number of amides is 2. The molecule has 0 radical (unpaired) electrons. The molecule has 3 aliphatic rings. The summed E-state index contributed by atoms with van der Waals surface area (Å²) in [4.78, 5) is 27.5. The number of carbonyl (C=O) groups excluding carboxylic acids is 2. The molecule has 2 amide bonds. The van der Waals surface area contributed by atoms with Crippen molar-refractivity contribution in [2.24, 2.45) is 22.7 Å². The lowest BCUT2D eigenvalue weighted by atomic mass is 9.46. The third-order valence-electron chi connectivity index (χ3n) is 8.80. The summed E-state index contributed by atoms with van der Waals surface area (Å²) in [6.45, 7) is 5.66. The smallest absolute Gasteiger partial charge is 0.411 e. The van der Waals surface area contributed by atoms with Gasteiger partial charge >= 0.3 is 6.09 Å². The van der Waals surface area contributed by atoms with Crippen LogP contribution < -0.4 is 5.32 Å². The third kappa shape index (κ3) is 4.62. The zero-order valence-electron chi connectivity index (χ0n) is 19.8. The maximum Gasteiger partial charge on any atom is 0.411 e. The van der Waals surface area contributed by atoms with E-state index in [9.17, 15) is 19.8 Å². The summed E-state index contributed by atoms with van der Waals surface area (Å²) in [7, 11) is 0. The van der Waals surface area contributed by atoms with Crippen molar-refractivity contribution in [2.75, 3.05) is 25.0 Å². The summed E-state index contributed by atoms with van der Waals surface area (Å²) in [6, 6.07) is 9.17. The quantitative estimate of drug-likeness (QED) is 0.623. The molecule has 0 unspecified atom stereocenters. The van der Waals surface area contributed by atoms with Crippen LogP contribution in [0.15, 0.2) is 30.3 Å². The van der Waals surface area contributed by atoms with Gasteiger partial charge in [0.2, 0.25) is 5.91 Å². The average Bonchev–Trinajstić information content (AvgIpc) is 3.34. The molecule has 182 valence electrons. The maximum absolute atomic E-state index is 13.0. The van der Waals surface area contributed by atoms with Crippen LogP contribution in [0.2, 0.25) is 0 Å². The maximum atomic E-state index is 13.0. The predicted molar refractivity (Wildman–Crippen MR) is 126 cm³/mol. The second kappa shape index (κ2) is 9.63. The van der Waals surface area contributed by atoms with Gasteiger partial charge < -0.3 is 19.8 Å². The highest BCUT2D eigenvalue weighted by molar-refractivity contribution is 5.84. The number of carbonyl (C=O) groups is 2. The van der Waals surface area contributed by atoms with Crippen molar-refractivity contribution in [3.05, 3.63) is 30.3 Å². The van der Waals surface area contributed by atoms with Crippen LogP contribution in [0.1, 0.15) is 58.8 Å². The number of likely N-dealkylation sites (tertiary alicyclic amines) is 1. The van der Waals surface area contributed by atoms with Crippen molar-refractivity contribution in [1.29, 1.82) is 0 Å². The van der Waals surface area contributed by atoms with Crippen LogP contribution in [0, 0.1) is 22.7 Å². The minimum Gasteiger partial charge on any atom is -0.445 e. The number of benzene rings is 1. The van der Waals surface area contributed by atoms with E-state index in [1.54, 1.807) is 12.1 Å². The molecule has 1 aromatic rings. The van der Waals surface area contributed by atoms with Crippen LogP contribution >= 0.6 is 0 Å². The third-order valence-corrected chi connectivity index (χ3v) is 8.80. The Morgan fingerprint density at radius 1 is 1.12 bits per heavy atom. The number of para-hydroxylation sites is 1. The van der Waals surface area contributed by atoms with Gasteiger partial charge in [0.25, 0.3) is 0 Å². The van der Waals surface area contributed by atoms with Gasteiger partial charge in [-0.2, -0.15) is 0 Å². The first kappa shape index (κ1) is 24.0. The second-order valence-electron chi connectivity index (χ2n) is 10.7. The first-order valence-corrected chi connectivity index (χ1v) is 12.4. The van der Waals surface area contributed by atoms with E-state index < -0.39 is 23.7 Å². The Bertz CT molecular complexity index is 842. The van der Waals surface area contributed by atoms with E-state index in [-0.39, 0.29) is 29.8 Å². The summed E-state index contributed by atoms with van der Waals surface area (Å²) < 4.78 is 5.87. The van der Waals surface area contributed by atoms with Crippen LogP contribution in [-0.4, -0.2) is 59.0 Å². The van der Waals surface area contributed by atoms with Crippen LogP contribution in [-0.2, 0) is 9.53 Å². The van der Waals surface area contributed by atoms with Gasteiger partial charge in [-0.3, -0.25) is 10.1 Å². The van der Waals surface area contributed by atoms with Crippen LogP contribution in [0.3, 0.4) is 0 Å². The average molecular weight is 459 g/mol. The number of nitrogens with zero attached hydrogens (tertiary/aromatic N) is 1. The van der Waals surface area contributed by atoms with Crippen LogP contribution in [0.5, 0.6) is 0 Å². The van der Waals surface area contributed by atoms with Gasteiger partial charge in [0.15, 0.2) is 0 Å². The van der Waals surface area contributed by atoms with E-state index in [0.29, 0.717) is 24.9 Å². The van der Waals surface area contributed by atoms with E-state index in [4.69, 9.17) is 4.74 Å². The molecule has 1 heterocycles. The Hall–Kier alpha value is -2.12. The van der Waals surface area contributed by atoms with Crippen molar-refractivity contribution in [1.82, 2.24) is 4.90 Å². The molecule has 2 aliphatic carbocycles. The highest BCUT2D eigenvalue weighted by atomic mass is 16.6. The zero-order chi connectivity index (χ0) is 23.6. The van der Waals surface area contributed by atoms with Gasteiger partial charge in [-0.1, -0.05) is 32.0 Å². The Labute approximate surface area is 196 Å². The molecule has 3 N–H and O–H groups in total. The Kier molecular flexibility index (Phi) is 7.01. The number of hydrogen-bond acceptors (Lipinski definition) is 5. The largest absolute Gasteiger partial charge is 0.445 e. The summed E-state index contributed by atoms with van der Waals surface area (Å²) in [5.41, 5.74) is -0.286. The van der Waals surface area contributed by atoms with Crippen LogP contribution in [0.4, 0.5) is 10.5 Å². The second-order valence-corrected chi connectivity index (χ2v) is 10.7. The molecule has 1 saturated heterocycles. The molecule has 0 spiro atoms. The normalized spacial score (nSPS) is 36.2. The number of rotatable bonds is 5. The molecule has 4 rings (SSSR count). The Morgan fingerprint density at radius 3 is 2.48 bits per heavy atom. The van der Waals surface area contributed by atoms with Gasteiger partial charge in [-0.05, 0) is 67.9 Å². The fraction of sp³-hybridized carbons (Fsp3) is 0.692. The lowest BCUT2D eigenvalue weighted by molar-refractivity contribution is -0.186. The number of ether oxygens (including phenoxy) is 1. The van der Waals surface area contributed by atoms with E-state index in [1.807, 2.05) is 30.0 Å². The number of aliphatic hydroxyl groups is 2. The van der Waals surface area contributed by atoms with Gasteiger partial charge in [0.05, 0.1) is 12.7 Å². The molecule has 0 bridgehead atoms. The molecule has 7 heteroatoms. The predicted octanol–water partition coefficient (Wildman–Crippen LogP) is 3.80. The summed E-state index contributed by atoms with van der Waals surface area (Å²) in [5.74, 6) is 0.0112. The number of nitrogens with one attached hydrogen (secondary N) is 1. The number of anilines is 1. The van der Waals surface area contributed by atoms with Gasteiger partial charge in [0, 0.05) is 30.6 Å². The molecule has 33 heavy (non-hydrogen) atoms. The zero-order valence-corrected chi connectivity index (χ0v) is 19.8. The molecule has 0 aromatic heterocycles. The van der Waals surface area contributed by atoms with Crippen molar-refractivity contribution in [3.63, 3.8) is 0 Å². The SMILES string of the molecule is C[C@]1(CO)[C@@H]2CC[C@@H](O)[C@@H](CC(=O)N3CCCC3)[C@]2(C)CC[C@H]1OC(=O)Nc1ccccc1. The topological polar surface area (TPSA) is 99.1 Å². The van der Waals surface area contributed by atoms with Crippen molar-refractivity contribution >= 4 is 17.7 Å². The summed E-state index contributed by atoms with van der Waals surface area (Å²) in [5, 5.41) is 24.3. The number of aliphatic hydroxyl groups excluding tert-OH is 2. The Balaban J connectivity index is 1.50. The molecule has 3 fully saturated rings. The standard InChI is InChI=1S/C26H38N2O5/c1-25-13-12-22(33-24(32)27-18-8-4-3-5-9-18)26(2,17-29)21(25)11-10-20(30)19(25)16-23(31)28-14-6-7-15-28/h3-5,8-9,19-22,29-30H,6-7,10-17H2,1-2H3,(H,27,32)/t19-,20-,21-,22-,25+,26+/m1/s1. The molecule has 7 nitrogen and oxygen atoms in total. The van der Waals surface area contributed by atoms with Crippen LogP contribution in [0.25, 0.3) is 0 Å². The van der Waals surface area contributed by atoms with E-state index in [1.165, 1.54) is 0 Å². The van der Waals surface area contributed by atoms with E-state index in [2.05, 4.69) is 12.2 Å². The number of hydrogen-bond donors (Lipinski definition) is 3. The number of fused-ring (bicyclic) bond motifs is 1. The van der Waals surface area contributed by atoms with Crippen molar-refractivity contribution in [3.8, 4) is 0 Å². The molecule has 2 saturated carbocycles. The summed E-state index contributed by atoms with van der Waals surface area (Å²) >= 11 is 0. The molecule has 1 aliphatic heterocycles. The van der Waals surface area contributed by atoms with Gasteiger partial charge in [0.1, 0.15) is 6.10 Å². The summed E-state index contributed by atoms with van der Waals surface area (Å²) in [6.07, 6.45) is 3.62. The highest BCUT2D eigenvalue weighted by Gasteiger charge is 2.60. The van der Waals surface area contributed by atoms with Gasteiger partial charge in [-0.25, -0.2) is 4.79 Å². The van der Waals surface area contributed by atoms with Gasteiger partial charge in [-0.15, -0.1) is 0 Å². The molecular weight excluding hydrogens is 420 g/mol. The van der Waals surface area contributed by atoms with Crippen molar-refractivity contribution < 1.29 is 24.5 Å². The Morgan fingerprint density at radius 2 is 1.82 bits per heavy atom. The molecule has 6 atom stereocenters. The lowest BCUT2D eigenvalue weighted by Crippen LogP contribution is -2.61. The van der Waals surface area contributed by atoms with E-state index >= 15 is 0 Å². The first-order chi connectivity index (χ1) is 15.8. The fourth-order valence-corrected chi connectivity index (χ4v) is 6.86. The molecule has 1 aromatic carbocycles. The lowest BCUT2D eigenvalue weighted by Gasteiger charge is -2.60. The first-order valence-electron chi connectivity index (χ1n) is 12.4. The molecular formula is C26H38N2O5. The minimum atomic E-state index is -0.643. The van der Waals surface area contributed by atoms with E-state index in [0.717, 1.165) is 38.8 Å².